The first-order valence-electron chi connectivity index (χ1n) is 6.08. The van der Waals surface area contributed by atoms with Crippen LogP contribution in [0.1, 0.15) is 43.1 Å². The van der Waals surface area contributed by atoms with Gasteiger partial charge < -0.3 is 4.90 Å². The van der Waals surface area contributed by atoms with Crippen LogP contribution in [0.4, 0.5) is 4.39 Å². The zero-order valence-electron chi connectivity index (χ0n) is 11.0. The smallest absolute Gasteiger partial charge is 0.254 e. The van der Waals surface area contributed by atoms with Crippen molar-refractivity contribution in [1.29, 1.82) is 0 Å². The Morgan fingerprint density at radius 1 is 1.41 bits per heavy atom. The second-order valence-electron chi connectivity index (χ2n) is 4.31. The summed E-state index contributed by atoms with van der Waals surface area (Å²) in [4.78, 5) is 14.1. The van der Waals surface area contributed by atoms with E-state index in [1.54, 1.807) is 13.0 Å². The average molecular weight is 237 g/mol. The molecular formula is C14H20FNO. The molecule has 0 spiro atoms. The highest BCUT2D eigenvalue weighted by Gasteiger charge is 2.20. The van der Waals surface area contributed by atoms with Crippen molar-refractivity contribution >= 4 is 5.91 Å². The number of hydrogen-bond donors (Lipinski definition) is 0. The van der Waals surface area contributed by atoms with E-state index in [-0.39, 0.29) is 17.8 Å². The third-order valence-corrected chi connectivity index (χ3v) is 3.14. The summed E-state index contributed by atoms with van der Waals surface area (Å²) in [6.45, 7) is 8.48. The van der Waals surface area contributed by atoms with Gasteiger partial charge in [0.1, 0.15) is 5.82 Å². The van der Waals surface area contributed by atoms with E-state index >= 15 is 0 Å². The van der Waals surface area contributed by atoms with Crippen LogP contribution in [0.2, 0.25) is 0 Å². The second-order valence-corrected chi connectivity index (χ2v) is 4.31. The van der Waals surface area contributed by atoms with Gasteiger partial charge in [-0.05, 0) is 51.0 Å². The number of aryl methyl sites for hydroxylation is 1. The summed E-state index contributed by atoms with van der Waals surface area (Å²) in [6, 6.07) is 4.51. The molecule has 0 fully saturated rings. The maximum atomic E-state index is 13.0. The number of carbonyl (C=O) groups is 1. The minimum Gasteiger partial charge on any atom is -0.336 e. The van der Waals surface area contributed by atoms with Crippen LogP contribution in [0.3, 0.4) is 0 Å². The van der Waals surface area contributed by atoms with E-state index in [0.29, 0.717) is 17.7 Å². The molecule has 0 aliphatic rings. The van der Waals surface area contributed by atoms with Crippen molar-refractivity contribution in [2.45, 2.75) is 40.2 Å². The van der Waals surface area contributed by atoms with Crippen molar-refractivity contribution in [1.82, 2.24) is 4.90 Å². The van der Waals surface area contributed by atoms with Crippen LogP contribution in [-0.2, 0) is 0 Å². The summed E-state index contributed by atoms with van der Waals surface area (Å²) in [5, 5.41) is 0. The Morgan fingerprint density at radius 2 is 2.06 bits per heavy atom. The van der Waals surface area contributed by atoms with E-state index in [1.165, 1.54) is 12.1 Å². The maximum absolute atomic E-state index is 13.0. The van der Waals surface area contributed by atoms with Gasteiger partial charge in [0, 0.05) is 18.2 Å². The van der Waals surface area contributed by atoms with Gasteiger partial charge in [-0.3, -0.25) is 4.79 Å². The highest BCUT2D eigenvalue weighted by molar-refractivity contribution is 5.95. The van der Waals surface area contributed by atoms with E-state index in [2.05, 4.69) is 6.92 Å². The minimum absolute atomic E-state index is 0.0145. The standard InChI is InChI=1S/C14H20FNO/c1-5-11(4)16(6-2)14(17)13-8-7-12(15)9-10(13)3/h7-9,11H,5-6H2,1-4H3. The van der Waals surface area contributed by atoms with Crippen LogP contribution in [0.5, 0.6) is 0 Å². The van der Waals surface area contributed by atoms with Gasteiger partial charge in [-0.2, -0.15) is 0 Å². The molecule has 1 aromatic rings. The fourth-order valence-electron chi connectivity index (χ4n) is 1.90. The Hall–Kier alpha value is -1.38. The Labute approximate surface area is 102 Å². The van der Waals surface area contributed by atoms with Gasteiger partial charge in [0.15, 0.2) is 0 Å². The summed E-state index contributed by atoms with van der Waals surface area (Å²) in [5.41, 5.74) is 1.28. The fraction of sp³-hybridized carbons (Fsp3) is 0.500. The van der Waals surface area contributed by atoms with Crippen LogP contribution >= 0.6 is 0 Å². The van der Waals surface area contributed by atoms with Gasteiger partial charge in [0.25, 0.3) is 5.91 Å². The van der Waals surface area contributed by atoms with E-state index in [9.17, 15) is 9.18 Å². The number of benzene rings is 1. The number of halogens is 1. The average Bonchev–Trinajstić information content (AvgIpc) is 2.29. The lowest BCUT2D eigenvalue weighted by Crippen LogP contribution is -2.38. The number of rotatable bonds is 4. The Bertz CT molecular complexity index is 403. The minimum atomic E-state index is -0.300. The molecule has 1 aromatic carbocycles. The molecule has 2 nitrogen and oxygen atoms in total. The van der Waals surface area contributed by atoms with Crippen molar-refractivity contribution in [2.24, 2.45) is 0 Å². The number of nitrogens with zero attached hydrogens (tertiary/aromatic N) is 1. The van der Waals surface area contributed by atoms with Crippen LogP contribution in [0.25, 0.3) is 0 Å². The summed E-state index contributed by atoms with van der Waals surface area (Å²) >= 11 is 0. The summed E-state index contributed by atoms with van der Waals surface area (Å²) in [5.74, 6) is -0.315. The predicted octanol–water partition coefficient (Wildman–Crippen LogP) is 3.39. The van der Waals surface area contributed by atoms with E-state index in [1.807, 2.05) is 18.7 Å². The van der Waals surface area contributed by atoms with E-state index in [0.717, 1.165) is 6.42 Å². The van der Waals surface area contributed by atoms with Gasteiger partial charge in [-0.15, -0.1) is 0 Å². The molecule has 17 heavy (non-hydrogen) atoms. The largest absolute Gasteiger partial charge is 0.336 e. The van der Waals surface area contributed by atoms with Crippen molar-refractivity contribution < 1.29 is 9.18 Å². The fourth-order valence-corrected chi connectivity index (χ4v) is 1.90. The molecule has 1 rings (SSSR count). The molecule has 0 heterocycles. The molecule has 1 atom stereocenters. The lowest BCUT2D eigenvalue weighted by Gasteiger charge is -2.27. The van der Waals surface area contributed by atoms with Crippen molar-refractivity contribution in [3.8, 4) is 0 Å². The Balaban J connectivity index is 3.02. The Morgan fingerprint density at radius 3 is 2.53 bits per heavy atom. The Kier molecular flexibility index (Phi) is 4.67. The molecule has 0 aliphatic heterocycles. The van der Waals surface area contributed by atoms with E-state index in [4.69, 9.17) is 0 Å². The summed E-state index contributed by atoms with van der Waals surface area (Å²) in [7, 11) is 0. The van der Waals surface area contributed by atoms with Gasteiger partial charge in [0.2, 0.25) is 0 Å². The molecule has 0 aliphatic carbocycles. The monoisotopic (exact) mass is 237 g/mol. The van der Waals surface area contributed by atoms with Crippen LogP contribution in [0.15, 0.2) is 18.2 Å². The van der Waals surface area contributed by atoms with Crippen molar-refractivity contribution in [3.05, 3.63) is 35.1 Å². The molecule has 0 radical (unpaired) electrons. The summed E-state index contributed by atoms with van der Waals surface area (Å²) < 4.78 is 13.0. The molecule has 0 saturated carbocycles. The normalized spacial score (nSPS) is 12.3. The first-order valence-corrected chi connectivity index (χ1v) is 6.08. The molecule has 0 bridgehead atoms. The predicted molar refractivity (Wildman–Crippen MR) is 67.6 cm³/mol. The van der Waals surface area contributed by atoms with Gasteiger partial charge >= 0.3 is 0 Å². The van der Waals surface area contributed by atoms with Crippen molar-refractivity contribution in [3.63, 3.8) is 0 Å². The lowest BCUT2D eigenvalue weighted by molar-refractivity contribution is 0.0699. The molecular weight excluding hydrogens is 217 g/mol. The third-order valence-electron chi connectivity index (χ3n) is 3.14. The summed E-state index contributed by atoms with van der Waals surface area (Å²) in [6.07, 6.45) is 0.916. The first-order chi connectivity index (χ1) is 8.01. The highest BCUT2D eigenvalue weighted by atomic mass is 19.1. The second kappa shape index (κ2) is 5.80. The molecule has 0 aromatic heterocycles. The quantitative estimate of drug-likeness (QED) is 0.786. The van der Waals surface area contributed by atoms with Gasteiger partial charge in [-0.25, -0.2) is 4.39 Å². The molecule has 0 saturated heterocycles. The zero-order valence-corrected chi connectivity index (χ0v) is 11.0. The van der Waals surface area contributed by atoms with Crippen LogP contribution < -0.4 is 0 Å². The number of hydrogen-bond acceptors (Lipinski definition) is 1. The zero-order chi connectivity index (χ0) is 13.0. The maximum Gasteiger partial charge on any atom is 0.254 e. The van der Waals surface area contributed by atoms with Crippen LogP contribution in [-0.4, -0.2) is 23.4 Å². The number of amides is 1. The number of carbonyl (C=O) groups excluding carboxylic acids is 1. The topological polar surface area (TPSA) is 20.3 Å². The molecule has 94 valence electrons. The van der Waals surface area contributed by atoms with Gasteiger partial charge in [0.05, 0.1) is 0 Å². The molecule has 1 amide bonds. The van der Waals surface area contributed by atoms with Crippen LogP contribution in [0, 0.1) is 12.7 Å². The molecule has 0 N–H and O–H groups in total. The van der Waals surface area contributed by atoms with E-state index < -0.39 is 0 Å². The van der Waals surface area contributed by atoms with Gasteiger partial charge in [-0.1, -0.05) is 6.92 Å². The SMILES string of the molecule is CCC(C)N(CC)C(=O)c1ccc(F)cc1C. The van der Waals surface area contributed by atoms with Crippen molar-refractivity contribution in [2.75, 3.05) is 6.54 Å². The molecule has 3 heteroatoms. The third kappa shape index (κ3) is 3.05. The highest BCUT2D eigenvalue weighted by Crippen LogP contribution is 2.15. The first kappa shape index (κ1) is 13.7. The molecule has 1 unspecified atom stereocenters. The lowest BCUT2D eigenvalue weighted by atomic mass is 10.1.